The normalized spacial score (nSPS) is 11.5. The monoisotopic (exact) mass is 413 g/mol. The number of nitrogens with zero attached hydrogens (tertiary/aromatic N) is 2. The Hall–Kier alpha value is -3.60. The van der Waals surface area contributed by atoms with Crippen molar-refractivity contribution in [1.82, 2.24) is 4.98 Å². The standard InChI is InChI=1S/C26H27N3O2/c1-26(2,3)19-10-6-17(7-11-19)24(30)27-20-12-15-23-22(16-20)28-25(31-23)18-8-13-21(14-9-18)29(4)5/h6-16H,1-5H3,(H,27,30). The van der Waals surface area contributed by atoms with E-state index in [-0.39, 0.29) is 11.3 Å². The molecule has 1 amide bonds. The van der Waals surface area contributed by atoms with Crippen molar-refractivity contribution in [3.05, 3.63) is 77.9 Å². The second-order valence-electron chi connectivity index (χ2n) is 8.92. The average molecular weight is 414 g/mol. The van der Waals surface area contributed by atoms with Crippen LogP contribution in [-0.2, 0) is 5.41 Å². The molecule has 5 nitrogen and oxygen atoms in total. The summed E-state index contributed by atoms with van der Waals surface area (Å²) in [5.41, 5.74) is 5.95. The zero-order valence-corrected chi connectivity index (χ0v) is 18.6. The molecule has 0 unspecified atom stereocenters. The zero-order valence-electron chi connectivity index (χ0n) is 18.6. The molecule has 1 aromatic heterocycles. The Morgan fingerprint density at radius 3 is 2.23 bits per heavy atom. The van der Waals surface area contributed by atoms with Gasteiger partial charge in [0, 0.05) is 36.6 Å². The van der Waals surface area contributed by atoms with Crippen LogP contribution >= 0.6 is 0 Å². The van der Waals surface area contributed by atoms with Gasteiger partial charge in [-0.3, -0.25) is 4.79 Å². The molecule has 0 spiro atoms. The van der Waals surface area contributed by atoms with Gasteiger partial charge in [0.25, 0.3) is 5.91 Å². The molecular weight excluding hydrogens is 386 g/mol. The van der Waals surface area contributed by atoms with E-state index in [1.807, 2.05) is 85.7 Å². The lowest BCUT2D eigenvalue weighted by Crippen LogP contribution is -2.14. The molecule has 4 aromatic rings. The predicted octanol–water partition coefficient (Wildman–Crippen LogP) is 6.11. The fraction of sp³-hybridized carbons (Fsp3) is 0.231. The SMILES string of the molecule is CN(C)c1ccc(-c2nc3cc(NC(=O)c4ccc(C(C)(C)C)cc4)ccc3o2)cc1. The Balaban J connectivity index is 1.53. The molecule has 0 aliphatic rings. The highest BCUT2D eigenvalue weighted by Crippen LogP contribution is 2.28. The van der Waals surface area contributed by atoms with Crippen LogP contribution in [0.5, 0.6) is 0 Å². The Kier molecular flexibility index (Phi) is 5.27. The first-order chi connectivity index (χ1) is 14.7. The number of anilines is 2. The van der Waals surface area contributed by atoms with Crippen LogP contribution < -0.4 is 10.2 Å². The van der Waals surface area contributed by atoms with Gasteiger partial charge in [-0.15, -0.1) is 0 Å². The molecule has 1 N–H and O–H groups in total. The number of oxazole rings is 1. The fourth-order valence-electron chi connectivity index (χ4n) is 3.36. The first kappa shape index (κ1) is 20.7. The van der Waals surface area contributed by atoms with Crippen molar-refractivity contribution >= 4 is 28.4 Å². The van der Waals surface area contributed by atoms with Gasteiger partial charge in [-0.1, -0.05) is 32.9 Å². The van der Waals surface area contributed by atoms with Crippen LogP contribution in [-0.4, -0.2) is 25.0 Å². The number of aromatic nitrogens is 1. The summed E-state index contributed by atoms with van der Waals surface area (Å²) in [5.74, 6) is 0.407. The van der Waals surface area contributed by atoms with Gasteiger partial charge in [0.2, 0.25) is 5.89 Å². The first-order valence-corrected chi connectivity index (χ1v) is 10.3. The molecule has 1 heterocycles. The molecule has 0 atom stereocenters. The topological polar surface area (TPSA) is 58.4 Å². The van der Waals surface area contributed by atoms with Gasteiger partial charge in [-0.25, -0.2) is 4.98 Å². The fourth-order valence-corrected chi connectivity index (χ4v) is 3.36. The molecule has 5 heteroatoms. The van der Waals surface area contributed by atoms with Crippen LogP contribution in [0.25, 0.3) is 22.6 Å². The summed E-state index contributed by atoms with van der Waals surface area (Å²) in [6.07, 6.45) is 0. The van der Waals surface area contributed by atoms with Crippen LogP contribution in [0, 0.1) is 0 Å². The van der Waals surface area contributed by atoms with E-state index in [1.165, 1.54) is 5.56 Å². The van der Waals surface area contributed by atoms with Gasteiger partial charge in [0.05, 0.1) is 0 Å². The second-order valence-corrected chi connectivity index (χ2v) is 8.92. The van der Waals surface area contributed by atoms with Crippen molar-refractivity contribution in [2.75, 3.05) is 24.3 Å². The van der Waals surface area contributed by atoms with Crippen molar-refractivity contribution in [2.24, 2.45) is 0 Å². The number of nitrogens with one attached hydrogen (secondary N) is 1. The Bertz CT molecular complexity index is 1210. The third kappa shape index (κ3) is 4.45. The quantitative estimate of drug-likeness (QED) is 0.438. The summed E-state index contributed by atoms with van der Waals surface area (Å²) in [5, 5.41) is 2.95. The van der Waals surface area contributed by atoms with E-state index < -0.39 is 0 Å². The van der Waals surface area contributed by atoms with Crippen molar-refractivity contribution < 1.29 is 9.21 Å². The summed E-state index contributed by atoms with van der Waals surface area (Å²) in [6, 6.07) is 21.3. The van der Waals surface area contributed by atoms with Crippen LogP contribution in [0.1, 0.15) is 36.7 Å². The lowest BCUT2D eigenvalue weighted by molar-refractivity contribution is 0.102. The number of amides is 1. The smallest absolute Gasteiger partial charge is 0.255 e. The van der Waals surface area contributed by atoms with Gasteiger partial charge in [-0.05, 0) is 65.6 Å². The van der Waals surface area contributed by atoms with E-state index in [1.54, 1.807) is 0 Å². The first-order valence-electron chi connectivity index (χ1n) is 10.3. The molecule has 0 aliphatic carbocycles. The Labute approximate surface area is 182 Å². The Morgan fingerprint density at radius 1 is 0.935 bits per heavy atom. The number of carbonyl (C=O) groups is 1. The minimum atomic E-state index is -0.150. The molecule has 0 saturated heterocycles. The van der Waals surface area contributed by atoms with Gasteiger partial charge in [-0.2, -0.15) is 0 Å². The largest absolute Gasteiger partial charge is 0.436 e. The summed E-state index contributed by atoms with van der Waals surface area (Å²) in [7, 11) is 4.01. The van der Waals surface area contributed by atoms with E-state index in [0.717, 1.165) is 11.3 Å². The third-order valence-electron chi connectivity index (χ3n) is 5.29. The van der Waals surface area contributed by atoms with Crippen molar-refractivity contribution in [1.29, 1.82) is 0 Å². The van der Waals surface area contributed by atoms with Crippen LogP contribution in [0.15, 0.2) is 71.1 Å². The summed E-state index contributed by atoms with van der Waals surface area (Å²) in [4.78, 5) is 19.3. The zero-order chi connectivity index (χ0) is 22.2. The third-order valence-corrected chi connectivity index (χ3v) is 5.29. The van der Waals surface area contributed by atoms with Gasteiger partial charge in [0.15, 0.2) is 5.58 Å². The summed E-state index contributed by atoms with van der Waals surface area (Å²) >= 11 is 0. The number of rotatable bonds is 4. The number of fused-ring (bicyclic) bond motifs is 1. The number of benzene rings is 3. The molecule has 0 bridgehead atoms. The van der Waals surface area contributed by atoms with E-state index in [9.17, 15) is 4.79 Å². The maximum atomic E-state index is 12.7. The van der Waals surface area contributed by atoms with E-state index in [2.05, 4.69) is 31.1 Å². The van der Waals surface area contributed by atoms with Gasteiger partial charge < -0.3 is 14.6 Å². The molecule has 0 aliphatic heterocycles. The minimum absolute atomic E-state index is 0.0531. The van der Waals surface area contributed by atoms with Gasteiger partial charge in [0.1, 0.15) is 5.52 Å². The summed E-state index contributed by atoms with van der Waals surface area (Å²) < 4.78 is 5.91. The Morgan fingerprint density at radius 2 is 1.61 bits per heavy atom. The number of hydrogen-bond donors (Lipinski definition) is 1. The number of hydrogen-bond acceptors (Lipinski definition) is 4. The molecule has 0 radical (unpaired) electrons. The van der Waals surface area contributed by atoms with Crippen LogP contribution in [0.3, 0.4) is 0 Å². The molecular formula is C26H27N3O2. The molecule has 0 fully saturated rings. The van der Waals surface area contributed by atoms with Crippen LogP contribution in [0.4, 0.5) is 11.4 Å². The maximum Gasteiger partial charge on any atom is 0.255 e. The molecule has 0 saturated carbocycles. The van der Waals surface area contributed by atoms with Crippen molar-refractivity contribution in [3.8, 4) is 11.5 Å². The molecule has 4 rings (SSSR count). The molecule has 31 heavy (non-hydrogen) atoms. The molecule has 3 aromatic carbocycles. The van der Waals surface area contributed by atoms with Crippen molar-refractivity contribution in [2.45, 2.75) is 26.2 Å². The van der Waals surface area contributed by atoms with E-state index in [0.29, 0.717) is 28.2 Å². The van der Waals surface area contributed by atoms with Crippen LogP contribution in [0.2, 0.25) is 0 Å². The minimum Gasteiger partial charge on any atom is -0.436 e. The highest BCUT2D eigenvalue weighted by Gasteiger charge is 2.15. The number of carbonyl (C=O) groups excluding carboxylic acids is 1. The predicted molar refractivity (Wildman–Crippen MR) is 127 cm³/mol. The van der Waals surface area contributed by atoms with Gasteiger partial charge >= 0.3 is 0 Å². The second kappa shape index (κ2) is 7.91. The highest BCUT2D eigenvalue weighted by atomic mass is 16.3. The lowest BCUT2D eigenvalue weighted by atomic mass is 9.87. The average Bonchev–Trinajstić information content (AvgIpc) is 3.16. The lowest BCUT2D eigenvalue weighted by Gasteiger charge is -2.19. The maximum absolute atomic E-state index is 12.7. The van der Waals surface area contributed by atoms with E-state index >= 15 is 0 Å². The molecule has 158 valence electrons. The summed E-state index contributed by atoms with van der Waals surface area (Å²) in [6.45, 7) is 6.46. The highest BCUT2D eigenvalue weighted by molar-refractivity contribution is 6.05. The van der Waals surface area contributed by atoms with Crippen molar-refractivity contribution in [3.63, 3.8) is 0 Å². The van der Waals surface area contributed by atoms with E-state index in [4.69, 9.17) is 4.42 Å².